The monoisotopic (exact) mass is 369 g/mol. The van der Waals surface area contributed by atoms with Gasteiger partial charge in [-0.25, -0.2) is 0 Å². The van der Waals surface area contributed by atoms with Crippen molar-refractivity contribution < 1.29 is 9.53 Å². The molecule has 4 fully saturated rings. The zero-order valence-corrected chi connectivity index (χ0v) is 15.9. The van der Waals surface area contributed by atoms with E-state index in [1.54, 1.807) is 7.11 Å². The van der Waals surface area contributed by atoms with Gasteiger partial charge >= 0.3 is 0 Å². The molecule has 144 valence electrons. The van der Waals surface area contributed by atoms with Gasteiger partial charge in [-0.3, -0.25) is 9.89 Å². The van der Waals surface area contributed by atoms with Gasteiger partial charge in [0.15, 0.2) is 5.69 Å². The highest BCUT2D eigenvalue weighted by molar-refractivity contribution is 6.05. The van der Waals surface area contributed by atoms with E-state index in [-0.39, 0.29) is 5.91 Å². The molecule has 0 aliphatic carbocycles. The highest BCUT2D eigenvalue weighted by Crippen LogP contribution is 2.28. The van der Waals surface area contributed by atoms with Crippen LogP contribution in [0.5, 0.6) is 0 Å². The van der Waals surface area contributed by atoms with E-state index < -0.39 is 0 Å². The lowest BCUT2D eigenvalue weighted by molar-refractivity contribution is 0.0681. The molecular formula is C20H27N5O2. The van der Waals surface area contributed by atoms with Crippen LogP contribution in [0.4, 0.5) is 5.69 Å². The second-order valence-corrected chi connectivity index (χ2v) is 7.97. The second-order valence-electron chi connectivity index (χ2n) is 7.97. The lowest BCUT2D eigenvalue weighted by atomic mass is 10.0. The number of carbonyl (C=O) groups is 1. The molecule has 4 saturated heterocycles. The Bertz CT molecular complexity index is 842. The van der Waals surface area contributed by atoms with Gasteiger partial charge < -0.3 is 19.4 Å². The fraction of sp³-hybridized carbons (Fsp3) is 0.600. The molecule has 1 atom stereocenters. The summed E-state index contributed by atoms with van der Waals surface area (Å²) in [6.45, 7) is 5.91. The van der Waals surface area contributed by atoms with Crippen molar-refractivity contribution in [1.82, 2.24) is 20.0 Å². The molecule has 1 unspecified atom stereocenters. The molecule has 5 heterocycles. The number of hydrogen-bond acceptors (Lipinski definition) is 5. The normalized spacial score (nSPS) is 28.1. The summed E-state index contributed by atoms with van der Waals surface area (Å²) in [5.41, 5.74) is 2.65. The van der Waals surface area contributed by atoms with Crippen LogP contribution in [0, 0.1) is 0 Å². The molecule has 1 N–H and O–H groups in total. The van der Waals surface area contributed by atoms with E-state index in [1.807, 2.05) is 6.07 Å². The number of fused-ring (bicyclic) bond motifs is 5. The van der Waals surface area contributed by atoms with Crippen LogP contribution in [0.3, 0.4) is 0 Å². The lowest BCUT2D eigenvalue weighted by Gasteiger charge is -2.31. The van der Waals surface area contributed by atoms with Gasteiger partial charge in [-0.05, 0) is 37.5 Å². The zero-order chi connectivity index (χ0) is 18.4. The van der Waals surface area contributed by atoms with Crippen LogP contribution in [0.2, 0.25) is 0 Å². The number of ether oxygens (including phenoxy) is 1. The summed E-state index contributed by atoms with van der Waals surface area (Å²) in [6.07, 6.45) is 3.50. The fourth-order valence-electron chi connectivity index (χ4n) is 4.81. The van der Waals surface area contributed by atoms with Crippen molar-refractivity contribution in [2.24, 2.45) is 0 Å². The molecule has 1 amide bonds. The van der Waals surface area contributed by atoms with Crippen molar-refractivity contribution in [3.8, 4) is 0 Å². The van der Waals surface area contributed by atoms with E-state index >= 15 is 0 Å². The van der Waals surface area contributed by atoms with Gasteiger partial charge in [0, 0.05) is 63.5 Å². The molecule has 0 saturated carbocycles. The smallest absolute Gasteiger partial charge is 0.275 e. The zero-order valence-electron chi connectivity index (χ0n) is 15.9. The molecular weight excluding hydrogens is 342 g/mol. The summed E-state index contributed by atoms with van der Waals surface area (Å²) in [4.78, 5) is 20.1. The average molecular weight is 369 g/mol. The van der Waals surface area contributed by atoms with Crippen molar-refractivity contribution in [1.29, 1.82) is 0 Å². The van der Waals surface area contributed by atoms with Crippen molar-refractivity contribution in [3.05, 3.63) is 23.9 Å². The number of H-pyrrole nitrogens is 1. The number of aromatic amines is 1. The molecule has 4 aliphatic rings. The molecule has 1 aromatic carbocycles. The lowest BCUT2D eigenvalue weighted by Crippen LogP contribution is -2.41. The SMILES string of the molecule is COC1CCN(c2ccc3c(C(=O)N4CCN5CCC4CC5)n[nH]c3c2)C1. The number of piperidine rings is 1. The molecule has 4 aliphatic heterocycles. The highest BCUT2D eigenvalue weighted by atomic mass is 16.5. The predicted molar refractivity (Wildman–Crippen MR) is 104 cm³/mol. The van der Waals surface area contributed by atoms with Crippen LogP contribution in [0.15, 0.2) is 18.2 Å². The number of carbonyl (C=O) groups excluding carboxylic acids is 1. The quantitative estimate of drug-likeness (QED) is 0.892. The molecule has 0 radical (unpaired) electrons. The maximum Gasteiger partial charge on any atom is 0.275 e. The first-order valence-electron chi connectivity index (χ1n) is 10.0. The number of rotatable bonds is 3. The standard InChI is InChI=1S/C20H27N5O2/c1-27-16-6-9-24(13-16)15-2-3-17-18(12-15)21-22-19(17)20(26)25-11-10-23-7-4-14(25)5-8-23/h2-3,12,14,16H,4-11,13H2,1H3,(H,21,22). The summed E-state index contributed by atoms with van der Waals surface area (Å²) in [5, 5.41) is 8.42. The van der Waals surface area contributed by atoms with Gasteiger partial charge in [-0.15, -0.1) is 0 Å². The van der Waals surface area contributed by atoms with Gasteiger partial charge in [0.05, 0.1) is 11.6 Å². The Labute approximate surface area is 159 Å². The van der Waals surface area contributed by atoms with Gasteiger partial charge in [0.2, 0.25) is 0 Å². The number of hydrogen-bond donors (Lipinski definition) is 1. The van der Waals surface area contributed by atoms with Crippen LogP contribution < -0.4 is 4.90 Å². The van der Waals surface area contributed by atoms with Crippen LogP contribution >= 0.6 is 0 Å². The summed E-state index contributed by atoms with van der Waals surface area (Å²) in [5.74, 6) is 0.0726. The van der Waals surface area contributed by atoms with E-state index in [2.05, 4.69) is 37.0 Å². The Balaban J connectivity index is 1.40. The number of anilines is 1. The van der Waals surface area contributed by atoms with Crippen LogP contribution in [-0.2, 0) is 4.74 Å². The average Bonchev–Trinajstić information content (AvgIpc) is 3.25. The number of amides is 1. The number of aromatic nitrogens is 2. The first-order chi connectivity index (χ1) is 13.2. The van der Waals surface area contributed by atoms with Gasteiger partial charge in [-0.1, -0.05) is 0 Å². The molecule has 0 spiro atoms. The number of methoxy groups -OCH3 is 1. The minimum absolute atomic E-state index is 0.0726. The van der Waals surface area contributed by atoms with E-state index in [4.69, 9.17) is 4.74 Å². The van der Waals surface area contributed by atoms with Crippen molar-refractivity contribution in [2.75, 3.05) is 51.3 Å². The van der Waals surface area contributed by atoms with Gasteiger partial charge in [0.25, 0.3) is 5.91 Å². The van der Waals surface area contributed by atoms with Crippen molar-refractivity contribution in [3.63, 3.8) is 0 Å². The van der Waals surface area contributed by atoms with Gasteiger partial charge in [0.1, 0.15) is 0 Å². The summed E-state index contributed by atoms with van der Waals surface area (Å²) < 4.78 is 5.47. The maximum atomic E-state index is 13.2. The second kappa shape index (κ2) is 6.80. The Morgan fingerprint density at radius 3 is 2.78 bits per heavy atom. The molecule has 7 heteroatoms. The summed E-state index contributed by atoms with van der Waals surface area (Å²) >= 11 is 0. The summed E-state index contributed by atoms with van der Waals surface area (Å²) in [6, 6.07) is 6.61. The number of benzene rings is 1. The Morgan fingerprint density at radius 1 is 1.15 bits per heavy atom. The predicted octanol–water partition coefficient (Wildman–Crippen LogP) is 1.71. The molecule has 1 aromatic heterocycles. The minimum atomic E-state index is 0.0726. The van der Waals surface area contributed by atoms with Crippen molar-refractivity contribution in [2.45, 2.75) is 31.4 Å². The van der Waals surface area contributed by atoms with E-state index in [9.17, 15) is 4.79 Å². The first kappa shape index (κ1) is 17.0. The molecule has 27 heavy (non-hydrogen) atoms. The molecule has 2 bridgehead atoms. The summed E-state index contributed by atoms with van der Waals surface area (Å²) in [7, 11) is 1.77. The largest absolute Gasteiger partial charge is 0.380 e. The Kier molecular flexibility index (Phi) is 4.28. The van der Waals surface area contributed by atoms with E-state index in [0.717, 1.165) is 75.1 Å². The maximum absolute atomic E-state index is 13.2. The number of nitrogens with zero attached hydrogens (tertiary/aromatic N) is 4. The van der Waals surface area contributed by atoms with E-state index in [1.165, 1.54) is 0 Å². The third kappa shape index (κ3) is 2.99. The topological polar surface area (TPSA) is 64.7 Å². The minimum Gasteiger partial charge on any atom is -0.380 e. The number of nitrogens with one attached hydrogen (secondary N) is 1. The van der Waals surface area contributed by atoms with Crippen LogP contribution in [-0.4, -0.2) is 84.4 Å². The molecule has 2 aromatic rings. The van der Waals surface area contributed by atoms with Crippen LogP contribution in [0.25, 0.3) is 10.9 Å². The third-order valence-corrected chi connectivity index (χ3v) is 6.51. The Morgan fingerprint density at radius 2 is 2.00 bits per heavy atom. The highest BCUT2D eigenvalue weighted by Gasteiger charge is 2.34. The van der Waals surface area contributed by atoms with E-state index in [0.29, 0.717) is 17.8 Å². The molecule has 7 nitrogen and oxygen atoms in total. The Hall–Kier alpha value is -2.12. The third-order valence-electron chi connectivity index (χ3n) is 6.51. The van der Waals surface area contributed by atoms with Crippen molar-refractivity contribution >= 4 is 22.5 Å². The van der Waals surface area contributed by atoms with Crippen LogP contribution in [0.1, 0.15) is 29.8 Å². The first-order valence-corrected chi connectivity index (χ1v) is 10.0. The fourth-order valence-corrected chi connectivity index (χ4v) is 4.81. The molecule has 6 rings (SSSR count). The van der Waals surface area contributed by atoms with Gasteiger partial charge in [-0.2, -0.15) is 5.10 Å².